The molecule has 18 heavy (non-hydrogen) atoms. The van der Waals surface area contributed by atoms with Gasteiger partial charge in [-0.3, -0.25) is 9.59 Å². The van der Waals surface area contributed by atoms with E-state index in [0.29, 0.717) is 6.42 Å². The number of aliphatic carboxylic acids is 1. The molecule has 0 aliphatic heterocycles. The van der Waals surface area contributed by atoms with Gasteiger partial charge in [0.25, 0.3) is 0 Å². The molecule has 0 spiro atoms. The monoisotopic (exact) mass is 265 g/mol. The summed E-state index contributed by atoms with van der Waals surface area (Å²) in [6.45, 7) is 0. The fourth-order valence-corrected chi connectivity index (χ4v) is 3.23. The number of fused-ring (bicyclic) bond motifs is 1. The number of carboxylic acids is 1. The third-order valence-corrected chi connectivity index (χ3v) is 4.02. The molecule has 4 nitrogen and oxygen atoms in total. The molecular formula is C11H14F3NO3. The van der Waals surface area contributed by atoms with Gasteiger partial charge in [0.05, 0.1) is 5.92 Å². The second-order valence-electron chi connectivity index (χ2n) is 4.97. The largest absolute Gasteiger partial charge is 0.481 e. The number of halogens is 3. The molecule has 2 aliphatic rings. The van der Waals surface area contributed by atoms with Gasteiger partial charge in [0.2, 0.25) is 0 Å². The standard InChI is InChI=1S/C11H14F3NO3/c12-11(13,14)10(18)15-8-6-4-2-1-3-5(6)7(8)9(16)17/h5-8H,1-4H2,(H,15,18)(H,16,17)/t5-,6+,7-,8-/m0/s1. The van der Waals surface area contributed by atoms with Crippen molar-refractivity contribution in [2.75, 3.05) is 0 Å². The van der Waals surface area contributed by atoms with Crippen LogP contribution >= 0.6 is 0 Å². The van der Waals surface area contributed by atoms with Gasteiger partial charge < -0.3 is 10.4 Å². The highest BCUT2D eigenvalue weighted by atomic mass is 19.4. The lowest BCUT2D eigenvalue weighted by molar-refractivity contribution is -0.180. The summed E-state index contributed by atoms with van der Waals surface area (Å²) in [6, 6.07) is -0.873. The molecular weight excluding hydrogens is 251 g/mol. The fraction of sp³-hybridized carbons (Fsp3) is 0.818. The molecule has 0 saturated heterocycles. The second-order valence-corrected chi connectivity index (χ2v) is 4.97. The first-order valence-electron chi connectivity index (χ1n) is 5.93. The summed E-state index contributed by atoms with van der Waals surface area (Å²) in [7, 11) is 0. The summed E-state index contributed by atoms with van der Waals surface area (Å²) in [5.41, 5.74) is 0. The molecule has 4 atom stereocenters. The van der Waals surface area contributed by atoms with Gasteiger partial charge in [0.15, 0.2) is 0 Å². The molecule has 0 bridgehead atoms. The highest BCUT2D eigenvalue weighted by Gasteiger charge is 2.56. The molecule has 0 aromatic heterocycles. The molecule has 0 heterocycles. The smallest absolute Gasteiger partial charge is 0.471 e. The summed E-state index contributed by atoms with van der Waals surface area (Å²) < 4.78 is 36.5. The lowest BCUT2D eigenvalue weighted by Crippen LogP contribution is -2.64. The Morgan fingerprint density at radius 3 is 2.17 bits per heavy atom. The molecule has 0 aromatic carbocycles. The maximum absolute atomic E-state index is 12.2. The van der Waals surface area contributed by atoms with E-state index in [2.05, 4.69) is 0 Å². The number of alkyl halides is 3. The predicted octanol–water partition coefficient (Wildman–Crippen LogP) is 1.55. The minimum absolute atomic E-state index is 0.0882. The van der Waals surface area contributed by atoms with Gasteiger partial charge in [0.1, 0.15) is 0 Å². The van der Waals surface area contributed by atoms with Crippen LogP contribution < -0.4 is 5.32 Å². The average molecular weight is 265 g/mol. The molecule has 0 unspecified atom stereocenters. The van der Waals surface area contributed by atoms with E-state index in [1.807, 2.05) is 5.32 Å². The second kappa shape index (κ2) is 4.44. The highest BCUT2D eigenvalue weighted by molar-refractivity contribution is 5.83. The van der Waals surface area contributed by atoms with Crippen molar-refractivity contribution in [1.82, 2.24) is 5.32 Å². The zero-order valence-corrected chi connectivity index (χ0v) is 9.54. The van der Waals surface area contributed by atoms with Crippen LogP contribution in [0.2, 0.25) is 0 Å². The molecule has 7 heteroatoms. The van der Waals surface area contributed by atoms with Gasteiger partial charge in [-0.2, -0.15) is 13.2 Å². The lowest BCUT2D eigenvalue weighted by atomic mass is 9.55. The van der Waals surface area contributed by atoms with Crippen LogP contribution in [0.15, 0.2) is 0 Å². The van der Waals surface area contributed by atoms with E-state index < -0.39 is 30.0 Å². The minimum Gasteiger partial charge on any atom is -0.481 e. The van der Waals surface area contributed by atoms with Gasteiger partial charge in [0, 0.05) is 6.04 Å². The SMILES string of the molecule is O=C(O)[C@H]1[C@H]2CCCC[C@H]2[C@@H]1NC(=O)C(F)(F)F. The van der Waals surface area contributed by atoms with Crippen LogP contribution in [0, 0.1) is 17.8 Å². The molecule has 2 fully saturated rings. The third kappa shape index (κ3) is 2.18. The normalized spacial score (nSPS) is 35.3. The van der Waals surface area contributed by atoms with E-state index >= 15 is 0 Å². The number of hydrogen-bond acceptors (Lipinski definition) is 2. The van der Waals surface area contributed by atoms with Crippen LogP contribution in [0.4, 0.5) is 13.2 Å². The van der Waals surface area contributed by atoms with Crippen molar-refractivity contribution in [1.29, 1.82) is 0 Å². The van der Waals surface area contributed by atoms with E-state index in [1.165, 1.54) is 0 Å². The lowest BCUT2D eigenvalue weighted by Gasteiger charge is -2.52. The van der Waals surface area contributed by atoms with Crippen molar-refractivity contribution in [2.45, 2.75) is 37.9 Å². The topological polar surface area (TPSA) is 66.4 Å². The Bertz CT molecular complexity index is 369. The first-order valence-corrected chi connectivity index (χ1v) is 5.93. The summed E-state index contributed by atoms with van der Waals surface area (Å²) in [5, 5.41) is 10.9. The number of carbonyl (C=O) groups excluding carboxylic acids is 1. The summed E-state index contributed by atoms with van der Waals surface area (Å²) >= 11 is 0. The Labute approximate surface area is 102 Å². The number of nitrogens with one attached hydrogen (secondary N) is 1. The van der Waals surface area contributed by atoms with Gasteiger partial charge in [-0.15, -0.1) is 0 Å². The molecule has 2 aliphatic carbocycles. The van der Waals surface area contributed by atoms with Crippen molar-refractivity contribution in [3.05, 3.63) is 0 Å². The van der Waals surface area contributed by atoms with Crippen LogP contribution in [0.3, 0.4) is 0 Å². The van der Waals surface area contributed by atoms with Gasteiger partial charge in [-0.25, -0.2) is 0 Å². The molecule has 0 radical (unpaired) electrons. The van der Waals surface area contributed by atoms with E-state index in [9.17, 15) is 22.8 Å². The van der Waals surface area contributed by atoms with Crippen LogP contribution in [0.5, 0.6) is 0 Å². The van der Waals surface area contributed by atoms with Gasteiger partial charge >= 0.3 is 18.1 Å². The van der Waals surface area contributed by atoms with Gasteiger partial charge in [-0.05, 0) is 24.7 Å². The zero-order chi connectivity index (χ0) is 13.5. The van der Waals surface area contributed by atoms with E-state index in [1.54, 1.807) is 0 Å². The van der Waals surface area contributed by atoms with Gasteiger partial charge in [-0.1, -0.05) is 12.8 Å². The molecule has 2 rings (SSSR count). The fourth-order valence-electron chi connectivity index (χ4n) is 3.23. The number of carboxylic acid groups (broad SMARTS) is 1. The Balaban J connectivity index is 2.06. The quantitative estimate of drug-likeness (QED) is 0.796. The van der Waals surface area contributed by atoms with E-state index in [-0.39, 0.29) is 11.8 Å². The number of amides is 1. The van der Waals surface area contributed by atoms with Crippen molar-refractivity contribution in [3.8, 4) is 0 Å². The molecule has 2 N–H and O–H groups in total. The first-order chi connectivity index (χ1) is 8.32. The number of hydrogen-bond donors (Lipinski definition) is 2. The summed E-state index contributed by atoms with van der Waals surface area (Å²) in [4.78, 5) is 21.9. The molecule has 102 valence electrons. The summed E-state index contributed by atoms with van der Waals surface area (Å²) in [5.74, 6) is -4.24. The van der Waals surface area contributed by atoms with Crippen molar-refractivity contribution in [2.24, 2.45) is 17.8 Å². The first kappa shape index (κ1) is 13.2. The zero-order valence-electron chi connectivity index (χ0n) is 9.54. The van der Waals surface area contributed by atoms with Crippen LogP contribution in [0.1, 0.15) is 25.7 Å². The maximum atomic E-state index is 12.2. The van der Waals surface area contributed by atoms with Crippen molar-refractivity contribution in [3.63, 3.8) is 0 Å². The van der Waals surface area contributed by atoms with Crippen molar-refractivity contribution >= 4 is 11.9 Å². The number of rotatable bonds is 2. The van der Waals surface area contributed by atoms with Crippen LogP contribution in [-0.2, 0) is 9.59 Å². The molecule has 0 aromatic rings. The highest BCUT2D eigenvalue weighted by Crippen LogP contribution is 2.49. The maximum Gasteiger partial charge on any atom is 0.471 e. The number of carbonyl (C=O) groups is 2. The molecule has 1 amide bonds. The predicted molar refractivity (Wildman–Crippen MR) is 54.6 cm³/mol. The average Bonchev–Trinajstić information content (AvgIpc) is 2.24. The Kier molecular flexibility index (Phi) is 3.25. The Morgan fingerprint density at radius 2 is 1.67 bits per heavy atom. The van der Waals surface area contributed by atoms with E-state index in [4.69, 9.17) is 5.11 Å². The van der Waals surface area contributed by atoms with Crippen molar-refractivity contribution < 1.29 is 27.9 Å². The van der Waals surface area contributed by atoms with E-state index in [0.717, 1.165) is 19.3 Å². The Morgan fingerprint density at radius 1 is 1.11 bits per heavy atom. The third-order valence-electron chi connectivity index (χ3n) is 4.02. The molecule has 2 saturated carbocycles. The minimum atomic E-state index is -4.96. The Hall–Kier alpha value is -1.27. The van der Waals surface area contributed by atoms with Crippen LogP contribution in [-0.4, -0.2) is 29.2 Å². The van der Waals surface area contributed by atoms with Crippen LogP contribution in [0.25, 0.3) is 0 Å². The summed E-state index contributed by atoms with van der Waals surface area (Å²) in [6.07, 6.45) is -1.75.